The van der Waals surface area contributed by atoms with Gasteiger partial charge >= 0.3 is 5.97 Å². The maximum Gasteiger partial charge on any atom is 0.335 e. The minimum Gasteiger partial charge on any atom is -0.478 e. The maximum absolute atomic E-state index is 13.0. The molecule has 0 aliphatic rings. The number of aromatic carboxylic acids is 1. The van der Waals surface area contributed by atoms with Crippen LogP contribution in [0.4, 0.5) is 8.78 Å². The molecule has 98 valence electrons. The molecule has 2 aromatic rings. The first-order chi connectivity index (χ1) is 8.95. The number of aryl methyl sites for hydroxylation is 1. The summed E-state index contributed by atoms with van der Waals surface area (Å²) in [6, 6.07) is 7.13. The quantitative estimate of drug-likeness (QED) is 0.918. The molecule has 2 rings (SSSR count). The molecule has 19 heavy (non-hydrogen) atoms. The summed E-state index contributed by atoms with van der Waals surface area (Å²) in [5.74, 6) is -2.20. The molecule has 2 aromatic carbocycles. The fourth-order valence-corrected chi connectivity index (χ4v) is 1.66. The van der Waals surface area contributed by atoms with Crippen molar-refractivity contribution in [1.29, 1.82) is 0 Å². The molecule has 0 aromatic heterocycles. The van der Waals surface area contributed by atoms with Gasteiger partial charge in [-0.25, -0.2) is 13.6 Å². The second-order valence-corrected chi connectivity index (χ2v) is 3.99. The van der Waals surface area contributed by atoms with Crippen LogP contribution in [-0.2, 0) is 0 Å². The number of rotatable bonds is 3. The molecule has 5 heteroatoms. The number of benzene rings is 2. The SMILES string of the molecule is Cc1cc(Oc2cc(F)cc(F)c2)ccc1C(=O)O. The fourth-order valence-electron chi connectivity index (χ4n) is 1.66. The zero-order valence-corrected chi connectivity index (χ0v) is 9.98. The van der Waals surface area contributed by atoms with E-state index < -0.39 is 17.6 Å². The number of carboxylic acid groups (broad SMARTS) is 1. The average molecular weight is 264 g/mol. The lowest BCUT2D eigenvalue weighted by atomic mass is 10.1. The molecule has 0 spiro atoms. The van der Waals surface area contributed by atoms with Crippen molar-refractivity contribution in [2.75, 3.05) is 0 Å². The third kappa shape index (κ3) is 3.07. The van der Waals surface area contributed by atoms with E-state index >= 15 is 0 Å². The van der Waals surface area contributed by atoms with Gasteiger partial charge in [-0.3, -0.25) is 0 Å². The minimum absolute atomic E-state index is 0.0139. The second-order valence-electron chi connectivity index (χ2n) is 3.99. The Bertz CT molecular complexity index is 618. The minimum atomic E-state index is -1.04. The van der Waals surface area contributed by atoms with E-state index in [1.54, 1.807) is 6.92 Å². The first-order valence-electron chi connectivity index (χ1n) is 5.43. The molecular formula is C14H10F2O3. The Labute approximate surface area is 108 Å². The first-order valence-corrected chi connectivity index (χ1v) is 5.43. The highest BCUT2D eigenvalue weighted by atomic mass is 19.1. The number of carbonyl (C=O) groups is 1. The Morgan fingerprint density at radius 2 is 1.68 bits per heavy atom. The molecule has 0 amide bonds. The smallest absolute Gasteiger partial charge is 0.335 e. The molecule has 0 atom stereocenters. The van der Waals surface area contributed by atoms with Crippen molar-refractivity contribution in [3.05, 3.63) is 59.2 Å². The predicted octanol–water partition coefficient (Wildman–Crippen LogP) is 3.76. The molecule has 0 saturated carbocycles. The normalized spacial score (nSPS) is 10.3. The van der Waals surface area contributed by atoms with E-state index in [-0.39, 0.29) is 11.3 Å². The van der Waals surface area contributed by atoms with Crippen molar-refractivity contribution in [3.63, 3.8) is 0 Å². The van der Waals surface area contributed by atoms with Crippen LogP contribution in [0.3, 0.4) is 0 Å². The molecule has 0 unspecified atom stereocenters. The first kappa shape index (κ1) is 13.0. The van der Waals surface area contributed by atoms with Gasteiger partial charge in [0.05, 0.1) is 5.56 Å². The van der Waals surface area contributed by atoms with Gasteiger partial charge in [0.1, 0.15) is 23.1 Å². The van der Waals surface area contributed by atoms with Crippen molar-refractivity contribution in [2.24, 2.45) is 0 Å². The van der Waals surface area contributed by atoms with Gasteiger partial charge in [0, 0.05) is 18.2 Å². The van der Waals surface area contributed by atoms with Crippen molar-refractivity contribution >= 4 is 5.97 Å². The summed E-state index contributed by atoms with van der Waals surface area (Å²) in [6.45, 7) is 1.61. The highest BCUT2D eigenvalue weighted by molar-refractivity contribution is 5.89. The van der Waals surface area contributed by atoms with Crippen LogP contribution < -0.4 is 4.74 Å². The molecule has 0 aliphatic carbocycles. The Hall–Kier alpha value is -2.43. The van der Waals surface area contributed by atoms with E-state index in [0.717, 1.165) is 18.2 Å². The van der Waals surface area contributed by atoms with Crippen molar-refractivity contribution in [1.82, 2.24) is 0 Å². The Morgan fingerprint density at radius 3 is 2.21 bits per heavy atom. The molecule has 0 aliphatic heterocycles. The highest BCUT2D eigenvalue weighted by Crippen LogP contribution is 2.25. The lowest BCUT2D eigenvalue weighted by Gasteiger charge is -2.08. The van der Waals surface area contributed by atoms with Gasteiger partial charge in [0.25, 0.3) is 0 Å². The lowest BCUT2D eigenvalue weighted by Crippen LogP contribution is -1.99. The van der Waals surface area contributed by atoms with Crippen LogP contribution in [0.5, 0.6) is 11.5 Å². The van der Waals surface area contributed by atoms with Gasteiger partial charge in [-0.2, -0.15) is 0 Å². The third-order valence-electron chi connectivity index (χ3n) is 2.50. The Kier molecular flexibility index (Phi) is 3.46. The Balaban J connectivity index is 2.28. The summed E-state index contributed by atoms with van der Waals surface area (Å²) in [7, 11) is 0. The second kappa shape index (κ2) is 5.06. The molecule has 0 radical (unpaired) electrons. The number of hydrogen-bond acceptors (Lipinski definition) is 2. The van der Waals surface area contributed by atoms with Crippen LogP contribution in [0.2, 0.25) is 0 Å². The van der Waals surface area contributed by atoms with E-state index in [0.29, 0.717) is 11.3 Å². The van der Waals surface area contributed by atoms with Crippen LogP contribution in [0.15, 0.2) is 36.4 Å². The summed E-state index contributed by atoms with van der Waals surface area (Å²) < 4.78 is 31.2. The van der Waals surface area contributed by atoms with E-state index in [1.807, 2.05) is 0 Å². The predicted molar refractivity (Wildman–Crippen MR) is 64.6 cm³/mol. The molecular weight excluding hydrogens is 254 g/mol. The van der Waals surface area contributed by atoms with Gasteiger partial charge in [0.2, 0.25) is 0 Å². The highest BCUT2D eigenvalue weighted by Gasteiger charge is 2.09. The van der Waals surface area contributed by atoms with E-state index in [4.69, 9.17) is 9.84 Å². The fraction of sp³-hybridized carbons (Fsp3) is 0.0714. The molecule has 0 bridgehead atoms. The van der Waals surface area contributed by atoms with Gasteiger partial charge in [0.15, 0.2) is 0 Å². The van der Waals surface area contributed by atoms with Crippen molar-refractivity contribution in [3.8, 4) is 11.5 Å². The van der Waals surface area contributed by atoms with Crippen LogP contribution in [0, 0.1) is 18.6 Å². The zero-order chi connectivity index (χ0) is 14.0. The molecule has 1 N–H and O–H groups in total. The van der Waals surface area contributed by atoms with E-state index in [1.165, 1.54) is 18.2 Å². The molecule has 0 fully saturated rings. The van der Waals surface area contributed by atoms with E-state index in [2.05, 4.69) is 0 Å². The summed E-state index contributed by atoms with van der Waals surface area (Å²) in [5, 5.41) is 8.88. The van der Waals surface area contributed by atoms with Crippen molar-refractivity contribution in [2.45, 2.75) is 6.92 Å². The molecule has 0 saturated heterocycles. The van der Waals surface area contributed by atoms with Crippen LogP contribution in [0.25, 0.3) is 0 Å². The summed E-state index contributed by atoms with van der Waals surface area (Å²) in [6.07, 6.45) is 0. The van der Waals surface area contributed by atoms with Gasteiger partial charge < -0.3 is 9.84 Å². The van der Waals surface area contributed by atoms with E-state index in [9.17, 15) is 13.6 Å². The summed E-state index contributed by atoms with van der Waals surface area (Å²) >= 11 is 0. The topological polar surface area (TPSA) is 46.5 Å². The van der Waals surface area contributed by atoms with Crippen LogP contribution >= 0.6 is 0 Å². The number of ether oxygens (including phenoxy) is 1. The van der Waals surface area contributed by atoms with Gasteiger partial charge in [-0.15, -0.1) is 0 Å². The number of hydrogen-bond donors (Lipinski definition) is 1. The Morgan fingerprint density at radius 1 is 1.05 bits per heavy atom. The molecule has 3 nitrogen and oxygen atoms in total. The van der Waals surface area contributed by atoms with Gasteiger partial charge in [-0.05, 0) is 30.7 Å². The average Bonchev–Trinajstić information content (AvgIpc) is 2.26. The van der Waals surface area contributed by atoms with Crippen molar-refractivity contribution < 1.29 is 23.4 Å². The standard InChI is InChI=1S/C14H10F2O3/c1-8-4-11(2-3-13(8)14(17)18)19-12-6-9(15)5-10(16)7-12/h2-7H,1H3,(H,17,18). The monoisotopic (exact) mass is 264 g/mol. The summed E-state index contributed by atoms with van der Waals surface area (Å²) in [4.78, 5) is 10.8. The van der Waals surface area contributed by atoms with Crippen LogP contribution in [-0.4, -0.2) is 11.1 Å². The molecule has 0 heterocycles. The van der Waals surface area contributed by atoms with Crippen LogP contribution in [0.1, 0.15) is 15.9 Å². The summed E-state index contributed by atoms with van der Waals surface area (Å²) in [5.41, 5.74) is 0.652. The van der Waals surface area contributed by atoms with Gasteiger partial charge in [-0.1, -0.05) is 0 Å². The number of halogens is 2. The zero-order valence-electron chi connectivity index (χ0n) is 9.98. The third-order valence-corrected chi connectivity index (χ3v) is 2.50. The maximum atomic E-state index is 13.0. The number of carboxylic acids is 1. The largest absolute Gasteiger partial charge is 0.478 e. The lowest BCUT2D eigenvalue weighted by molar-refractivity contribution is 0.0696.